The van der Waals surface area contributed by atoms with Gasteiger partial charge in [0.2, 0.25) is 0 Å². The van der Waals surface area contributed by atoms with Crippen LogP contribution in [0.25, 0.3) is 0 Å². The molecule has 27 heavy (non-hydrogen) atoms. The summed E-state index contributed by atoms with van der Waals surface area (Å²) in [4.78, 5) is 21.6. The van der Waals surface area contributed by atoms with E-state index in [9.17, 15) is 23.3 Å². The van der Waals surface area contributed by atoms with Crippen molar-refractivity contribution in [3.63, 3.8) is 0 Å². The molecule has 0 aliphatic carbocycles. The molecule has 0 aliphatic rings. The van der Waals surface area contributed by atoms with E-state index in [1.807, 2.05) is 6.07 Å². The van der Waals surface area contributed by atoms with E-state index in [1.165, 1.54) is 30.3 Å². The van der Waals surface area contributed by atoms with Gasteiger partial charge in [-0.25, -0.2) is 8.42 Å². The molecule has 0 amide bonds. The second kappa shape index (κ2) is 8.29. The number of benzene rings is 2. The number of ether oxygens (including phenoxy) is 1. The van der Waals surface area contributed by atoms with Gasteiger partial charge in [0, 0.05) is 12.1 Å². The van der Waals surface area contributed by atoms with Gasteiger partial charge in [0.05, 0.1) is 35.1 Å². The summed E-state index contributed by atoms with van der Waals surface area (Å²) >= 11 is 0. The topological polar surface area (TPSA) is 131 Å². The molecule has 0 N–H and O–H groups in total. The molecule has 0 aliphatic heterocycles. The van der Waals surface area contributed by atoms with Crippen LogP contribution in [0.15, 0.2) is 53.4 Å². The van der Waals surface area contributed by atoms with Gasteiger partial charge in [0.1, 0.15) is 6.54 Å². The fraction of sp³-hybridized carbons (Fsp3) is 0.176. The van der Waals surface area contributed by atoms with E-state index in [0.717, 1.165) is 17.5 Å². The van der Waals surface area contributed by atoms with Crippen molar-refractivity contribution < 1.29 is 22.9 Å². The number of nitro groups is 1. The van der Waals surface area contributed by atoms with Crippen molar-refractivity contribution in [1.29, 1.82) is 5.26 Å². The van der Waals surface area contributed by atoms with Crippen LogP contribution in [0.2, 0.25) is 0 Å². The third kappa shape index (κ3) is 4.59. The Morgan fingerprint density at radius 1 is 1.26 bits per heavy atom. The average molecular weight is 389 g/mol. The van der Waals surface area contributed by atoms with Crippen LogP contribution < -0.4 is 4.31 Å². The van der Waals surface area contributed by atoms with Gasteiger partial charge in [-0.3, -0.25) is 19.2 Å². The predicted octanol–water partition coefficient (Wildman–Crippen LogP) is 2.03. The van der Waals surface area contributed by atoms with Crippen molar-refractivity contribution in [2.75, 3.05) is 18.0 Å². The number of anilines is 1. The van der Waals surface area contributed by atoms with E-state index in [-0.39, 0.29) is 17.0 Å². The summed E-state index contributed by atoms with van der Waals surface area (Å²) in [5.74, 6) is -0.801. The quantitative estimate of drug-likeness (QED) is 0.402. The van der Waals surface area contributed by atoms with Crippen molar-refractivity contribution >= 4 is 27.4 Å². The Morgan fingerprint density at radius 3 is 2.48 bits per heavy atom. The second-order valence-corrected chi connectivity index (χ2v) is 7.21. The maximum atomic E-state index is 13.0. The molecule has 0 radical (unpaired) electrons. The van der Waals surface area contributed by atoms with Crippen LogP contribution in [0.3, 0.4) is 0 Å². The normalized spacial score (nSPS) is 10.7. The Morgan fingerprint density at radius 2 is 1.93 bits per heavy atom. The zero-order valence-electron chi connectivity index (χ0n) is 14.2. The van der Waals surface area contributed by atoms with E-state index in [0.29, 0.717) is 5.56 Å². The first-order chi connectivity index (χ1) is 12.8. The number of nitrogens with zero attached hydrogens (tertiary/aromatic N) is 3. The molecule has 2 rings (SSSR count). The summed E-state index contributed by atoms with van der Waals surface area (Å²) in [5, 5.41) is 19.7. The molecular weight excluding hydrogens is 374 g/mol. The highest BCUT2D eigenvalue weighted by Gasteiger charge is 2.28. The van der Waals surface area contributed by atoms with Gasteiger partial charge >= 0.3 is 5.97 Å². The molecule has 0 unspecified atom stereocenters. The minimum absolute atomic E-state index is 0.148. The lowest BCUT2D eigenvalue weighted by Crippen LogP contribution is -2.36. The van der Waals surface area contributed by atoms with Crippen molar-refractivity contribution in [3.05, 3.63) is 64.2 Å². The summed E-state index contributed by atoms with van der Waals surface area (Å²) in [6.45, 7) is -0.612. The molecule has 0 heterocycles. The summed E-state index contributed by atoms with van der Waals surface area (Å²) in [7, 11) is -3.16. The van der Waals surface area contributed by atoms with Crippen LogP contribution in [0, 0.1) is 21.4 Å². The maximum Gasteiger partial charge on any atom is 0.326 e. The molecule has 0 spiro atoms. The van der Waals surface area contributed by atoms with Crippen LogP contribution in [0.5, 0.6) is 0 Å². The van der Waals surface area contributed by atoms with Crippen LogP contribution in [-0.4, -0.2) is 33.0 Å². The summed E-state index contributed by atoms with van der Waals surface area (Å²) in [6.07, 6.45) is 0.148. The monoisotopic (exact) mass is 389 g/mol. The van der Waals surface area contributed by atoms with Gasteiger partial charge in [-0.05, 0) is 23.8 Å². The number of carbonyl (C=O) groups is 1. The number of esters is 1. The standard InChI is InChI=1S/C17H15N3O6S/c1-26-17(21)12-19(14-7-5-13(6-8-14)9-10-18)27(24,25)16-4-2-3-15(11-16)20(22)23/h2-8,11H,9,12H2,1H3. The molecular formula is C17H15N3O6S. The van der Waals surface area contributed by atoms with Crippen molar-refractivity contribution in [3.8, 4) is 6.07 Å². The Hall–Kier alpha value is -3.45. The van der Waals surface area contributed by atoms with E-state index in [1.54, 1.807) is 12.1 Å². The van der Waals surface area contributed by atoms with E-state index >= 15 is 0 Å². The number of carbonyl (C=O) groups excluding carboxylic acids is 1. The first-order valence-corrected chi connectivity index (χ1v) is 9.03. The van der Waals surface area contributed by atoms with E-state index in [4.69, 9.17) is 5.26 Å². The Labute approximate surface area is 155 Å². The molecule has 2 aromatic rings. The molecule has 0 saturated carbocycles. The van der Waals surface area contributed by atoms with Crippen molar-refractivity contribution in [2.24, 2.45) is 0 Å². The highest BCUT2D eigenvalue weighted by Crippen LogP contribution is 2.26. The van der Waals surface area contributed by atoms with Gasteiger partial charge in [-0.1, -0.05) is 18.2 Å². The van der Waals surface area contributed by atoms with E-state index < -0.39 is 33.1 Å². The first kappa shape index (κ1) is 19.9. The lowest BCUT2D eigenvalue weighted by molar-refractivity contribution is -0.385. The molecule has 0 atom stereocenters. The minimum Gasteiger partial charge on any atom is -0.468 e. The SMILES string of the molecule is COC(=O)CN(c1ccc(CC#N)cc1)S(=O)(=O)c1cccc([N+](=O)[O-])c1. The summed E-state index contributed by atoms with van der Waals surface area (Å²) in [6, 6.07) is 12.5. The zero-order chi connectivity index (χ0) is 20.0. The molecule has 0 fully saturated rings. The second-order valence-electron chi connectivity index (χ2n) is 5.34. The number of hydrogen-bond donors (Lipinski definition) is 0. The van der Waals surface area contributed by atoms with Gasteiger partial charge in [0.15, 0.2) is 0 Å². The van der Waals surface area contributed by atoms with Crippen LogP contribution in [0.4, 0.5) is 11.4 Å². The number of hydrogen-bond acceptors (Lipinski definition) is 7. The molecule has 0 saturated heterocycles. The highest BCUT2D eigenvalue weighted by atomic mass is 32.2. The minimum atomic E-state index is -4.28. The number of rotatable bonds is 7. The first-order valence-electron chi connectivity index (χ1n) is 7.59. The molecule has 0 aromatic heterocycles. The largest absolute Gasteiger partial charge is 0.468 e. The zero-order valence-corrected chi connectivity index (χ0v) is 15.0. The molecule has 9 nitrogen and oxygen atoms in total. The fourth-order valence-corrected chi connectivity index (χ4v) is 3.70. The molecule has 0 bridgehead atoms. The fourth-order valence-electron chi connectivity index (χ4n) is 2.25. The maximum absolute atomic E-state index is 13.0. The van der Waals surface area contributed by atoms with Gasteiger partial charge in [-0.2, -0.15) is 5.26 Å². The molecule has 2 aromatic carbocycles. The number of methoxy groups -OCH3 is 1. The van der Waals surface area contributed by atoms with E-state index in [2.05, 4.69) is 4.74 Å². The number of nitriles is 1. The summed E-state index contributed by atoms with van der Waals surface area (Å²) in [5.41, 5.74) is 0.444. The van der Waals surface area contributed by atoms with Crippen LogP contribution in [0.1, 0.15) is 5.56 Å². The third-order valence-corrected chi connectivity index (χ3v) is 5.39. The van der Waals surface area contributed by atoms with Gasteiger partial charge in [-0.15, -0.1) is 0 Å². The molecule has 10 heteroatoms. The van der Waals surface area contributed by atoms with Gasteiger partial charge < -0.3 is 4.74 Å². The van der Waals surface area contributed by atoms with Crippen LogP contribution in [-0.2, 0) is 26.0 Å². The lowest BCUT2D eigenvalue weighted by atomic mass is 10.1. The third-order valence-electron chi connectivity index (χ3n) is 3.62. The highest BCUT2D eigenvalue weighted by molar-refractivity contribution is 7.92. The number of nitro benzene ring substituents is 1. The predicted molar refractivity (Wildman–Crippen MR) is 95.4 cm³/mol. The lowest BCUT2D eigenvalue weighted by Gasteiger charge is -2.23. The summed E-state index contributed by atoms with van der Waals surface area (Å²) < 4.78 is 31.4. The molecule has 140 valence electrons. The Balaban J connectivity index is 2.52. The number of non-ortho nitro benzene ring substituents is 1. The average Bonchev–Trinajstić information content (AvgIpc) is 2.67. The number of sulfonamides is 1. The van der Waals surface area contributed by atoms with Crippen LogP contribution >= 0.6 is 0 Å². The Kier molecular flexibility index (Phi) is 6.10. The smallest absolute Gasteiger partial charge is 0.326 e. The van der Waals surface area contributed by atoms with Gasteiger partial charge in [0.25, 0.3) is 15.7 Å². The van der Waals surface area contributed by atoms with Crippen molar-refractivity contribution in [1.82, 2.24) is 0 Å². The van der Waals surface area contributed by atoms with Crippen molar-refractivity contribution in [2.45, 2.75) is 11.3 Å². The Bertz CT molecular complexity index is 996.